The van der Waals surface area contributed by atoms with Gasteiger partial charge in [0, 0.05) is 57.7 Å². The molecule has 2 N–H and O–H groups in total. The van der Waals surface area contributed by atoms with Gasteiger partial charge in [0.25, 0.3) is 5.91 Å². The van der Waals surface area contributed by atoms with E-state index in [1.54, 1.807) is 18.8 Å². The van der Waals surface area contributed by atoms with Gasteiger partial charge in [0.1, 0.15) is 24.3 Å². The van der Waals surface area contributed by atoms with Gasteiger partial charge in [0.15, 0.2) is 17.3 Å². The molecule has 1 amide bonds. The third-order valence-corrected chi connectivity index (χ3v) is 10.5. The fraction of sp³-hybridized carbons (Fsp3) is 0.576. The first kappa shape index (κ1) is 35.4. The minimum atomic E-state index is -5.00. The fourth-order valence-corrected chi connectivity index (χ4v) is 8.21. The highest BCUT2D eigenvalue weighted by Crippen LogP contribution is 2.47. The van der Waals surface area contributed by atoms with E-state index in [9.17, 15) is 22.4 Å². The number of nitrogens with two attached hydrogens (primary N) is 1. The summed E-state index contributed by atoms with van der Waals surface area (Å²) < 4.78 is 92.5. The molecule has 0 aliphatic carbocycles. The smallest absolute Gasteiger partial charge is 0.418 e. The van der Waals surface area contributed by atoms with Crippen LogP contribution in [0.15, 0.2) is 6.07 Å². The Balaban J connectivity index is 1.29. The van der Waals surface area contributed by atoms with Crippen LogP contribution >= 0.6 is 11.6 Å². The molecule has 0 radical (unpaired) electrons. The van der Waals surface area contributed by atoms with Crippen molar-refractivity contribution < 1.29 is 41.0 Å². The second kappa shape index (κ2) is 13.2. The zero-order valence-electron chi connectivity index (χ0n) is 28.3. The van der Waals surface area contributed by atoms with Crippen molar-refractivity contribution in [3.63, 3.8) is 0 Å². The number of methoxy groups -OCH3 is 1. The van der Waals surface area contributed by atoms with Crippen LogP contribution in [0.25, 0.3) is 0 Å². The van der Waals surface area contributed by atoms with Crippen molar-refractivity contribution in [1.82, 2.24) is 29.5 Å². The average Bonchev–Trinajstić information content (AvgIpc) is 3.67. The molecule has 2 saturated heterocycles. The van der Waals surface area contributed by atoms with Crippen LogP contribution in [-0.4, -0.2) is 94.6 Å². The minimum Gasteiger partial charge on any atom is -0.492 e. The van der Waals surface area contributed by atoms with E-state index in [2.05, 4.69) is 15.0 Å². The number of ether oxygens (including phenoxy) is 3. The zero-order chi connectivity index (χ0) is 36.4. The number of hydrogen-bond donors (Lipinski definition) is 1. The maximum absolute atomic E-state index is 15.5. The highest BCUT2D eigenvalue weighted by molar-refractivity contribution is 6.31. The summed E-state index contributed by atoms with van der Waals surface area (Å²) in [6, 6.07) is 0.682. The van der Waals surface area contributed by atoms with Gasteiger partial charge >= 0.3 is 12.2 Å². The Bertz CT molecular complexity index is 1860. The van der Waals surface area contributed by atoms with Gasteiger partial charge in [-0.3, -0.25) is 14.4 Å². The Kier molecular flexibility index (Phi) is 9.19. The predicted octanol–water partition coefficient (Wildman–Crippen LogP) is 4.96. The quantitative estimate of drug-likeness (QED) is 0.263. The van der Waals surface area contributed by atoms with Gasteiger partial charge < -0.3 is 29.7 Å². The summed E-state index contributed by atoms with van der Waals surface area (Å²) in [5, 5.41) is 3.80. The molecular weight excluding hydrogens is 703 g/mol. The molecule has 3 atom stereocenters. The van der Waals surface area contributed by atoms with Gasteiger partial charge in [0.2, 0.25) is 0 Å². The highest BCUT2D eigenvalue weighted by Gasteiger charge is 2.49. The Morgan fingerprint density at radius 1 is 1.22 bits per heavy atom. The lowest BCUT2D eigenvalue weighted by Gasteiger charge is -2.33. The molecule has 3 aromatic rings. The van der Waals surface area contributed by atoms with Crippen molar-refractivity contribution in [1.29, 1.82) is 0 Å². The molecule has 2 fully saturated rings. The summed E-state index contributed by atoms with van der Waals surface area (Å²) in [5.74, 6) is -0.900. The lowest BCUT2D eigenvalue weighted by atomic mass is 9.93. The van der Waals surface area contributed by atoms with E-state index in [4.69, 9.17) is 36.5 Å². The van der Waals surface area contributed by atoms with Gasteiger partial charge in [0.05, 0.1) is 53.9 Å². The van der Waals surface area contributed by atoms with Crippen LogP contribution in [0.4, 0.5) is 33.5 Å². The molecule has 18 heteroatoms. The number of carbonyl (C=O) groups excluding carboxylic acids is 1. The number of fused-ring (bicyclic) bond motifs is 3. The summed E-state index contributed by atoms with van der Waals surface area (Å²) in [5.41, 5.74) is 4.05. The largest absolute Gasteiger partial charge is 0.492 e. The second-order valence-corrected chi connectivity index (χ2v) is 14.1. The monoisotopic (exact) mass is 740 g/mol. The summed E-state index contributed by atoms with van der Waals surface area (Å²) in [6.07, 6.45) is -5.19. The molecule has 0 bridgehead atoms. The first-order chi connectivity index (χ1) is 24.2. The molecule has 51 heavy (non-hydrogen) atoms. The highest BCUT2D eigenvalue weighted by atomic mass is 35.5. The average molecular weight is 741 g/mol. The maximum Gasteiger partial charge on any atom is 0.418 e. The normalized spacial score (nSPS) is 23.4. The lowest BCUT2D eigenvalue weighted by molar-refractivity contribution is -0.140. The van der Waals surface area contributed by atoms with Crippen molar-refractivity contribution in [2.45, 2.75) is 75.8 Å². The minimum absolute atomic E-state index is 0.0525. The second-order valence-electron chi connectivity index (χ2n) is 13.7. The van der Waals surface area contributed by atoms with Gasteiger partial charge in [-0.2, -0.15) is 28.2 Å². The Morgan fingerprint density at radius 2 is 2.00 bits per heavy atom. The third kappa shape index (κ3) is 6.30. The fourth-order valence-electron chi connectivity index (χ4n) is 7.88. The van der Waals surface area contributed by atoms with E-state index in [1.807, 2.05) is 4.90 Å². The molecule has 0 spiro atoms. The van der Waals surface area contributed by atoms with Gasteiger partial charge in [-0.25, -0.2) is 8.78 Å². The van der Waals surface area contributed by atoms with Crippen LogP contribution in [-0.2, 0) is 37.0 Å². The van der Waals surface area contributed by atoms with E-state index in [-0.39, 0.29) is 43.8 Å². The van der Waals surface area contributed by atoms with Crippen LogP contribution < -0.4 is 20.1 Å². The predicted molar refractivity (Wildman–Crippen MR) is 175 cm³/mol. The molecule has 7 rings (SSSR count). The Labute approximate surface area is 295 Å². The topological polar surface area (TPSA) is 124 Å². The number of benzene rings is 1. The van der Waals surface area contributed by atoms with Crippen LogP contribution in [0, 0.1) is 5.82 Å². The number of halogens is 6. The van der Waals surface area contributed by atoms with Crippen molar-refractivity contribution in [2.75, 3.05) is 58.1 Å². The van der Waals surface area contributed by atoms with Crippen molar-refractivity contribution in [3.05, 3.63) is 50.7 Å². The molecule has 4 aliphatic rings. The Morgan fingerprint density at radius 3 is 2.73 bits per heavy atom. The molecule has 2 aromatic heterocycles. The van der Waals surface area contributed by atoms with E-state index in [0.717, 1.165) is 25.5 Å². The summed E-state index contributed by atoms with van der Waals surface area (Å²) >= 11 is 5.99. The SMILES string of the molecule is COc1c(C(=O)N(C)C)nn2c1CN(c1nc(OC[C@@]34CCCN3C[C@H](F)C4)nc3c1COC(c1c(F)c(N)cc(Cl)c1C(F)(F)F)C3)CCC2. The lowest BCUT2D eigenvalue weighted by Crippen LogP contribution is -2.43. The van der Waals surface area contributed by atoms with Gasteiger partial charge in [-0.1, -0.05) is 11.6 Å². The summed E-state index contributed by atoms with van der Waals surface area (Å²) in [7, 11) is 4.69. The van der Waals surface area contributed by atoms with E-state index >= 15 is 4.39 Å². The van der Waals surface area contributed by atoms with Crippen LogP contribution in [0.1, 0.15) is 70.4 Å². The van der Waals surface area contributed by atoms with Crippen molar-refractivity contribution >= 4 is 29.0 Å². The number of alkyl halides is 4. The number of aromatic nitrogens is 4. The summed E-state index contributed by atoms with van der Waals surface area (Å²) in [6.45, 7) is 2.04. The Hall–Kier alpha value is -3.96. The van der Waals surface area contributed by atoms with Crippen molar-refractivity contribution in [3.8, 4) is 11.8 Å². The number of rotatable bonds is 7. The standard InChI is InChI=1S/C33H38ClF5N8O4/c1-44(2)30(48)27-28(49-3)22-14-45(7-5-9-47(22)43-27)29-18-15-50-23(24-25(33(37,38)39)19(34)10-20(40)26(24)36)11-21(18)41-31(42-29)51-16-32-6-4-8-46(32)13-17(35)12-32/h10,17,23H,4-9,11-16,40H2,1-3H3/t17-,23?,32+/m1/s1. The first-order valence-electron chi connectivity index (χ1n) is 16.7. The number of nitrogen functional groups attached to an aromatic ring is 1. The van der Waals surface area contributed by atoms with E-state index in [1.165, 1.54) is 12.0 Å². The molecule has 4 aliphatic heterocycles. The van der Waals surface area contributed by atoms with E-state index < -0.39 is 51.6 Å². The maximum atomic E-state index is 15.5. The first-order valence-corrected chi connectivity index (χ1v) is 17.1. The molecule has 1 unspecified atom stereocenters. The molecule has 12 nitrogen and oxygen atoms in total. The number of anilines is 2. The van der Waals surface area contributed by atoms with E-state index in [0.29, 0.717) is 61.0 Å². The molecule has 6 heterocycles. The van der Waals surface area contributed by atoms with Gasteiger partial charge in [-0.05, 0) is 31.9 Å². The van der Waals surface area contributed by atoms with Crippen LogP contribution in [0.5, 0.6) is 11.8 Å². The molecule has 1 aromatic carbocycles. The molecule has 276 valence electrons. The summed E-state index contributed by atoms with van der Waals surface area (Å²) in [4.78, 5) is 27.8. The zero-order valence-corrected chi connectivity index (χ0v) is 29.1. The number of hydrogen-bond acceptors (Lipinski definition) is 10. The number of aryl methyl sites for hydroxylation is 1. The number of nitrogens with zero attached hydrogens (tertiary/aromatic N) is 7. The number of amides is 1. The molecular formula is C33H38ClF5N8O4. The van der Waals surface area contributed by atoms with Crippen LogP contribution in [0.3, 0.4) is 0 Å². The number of carbonyl (C=O) groups is 1. The van der Waals surface area contributed by atoms with Gasteiger partial charge in [-0.15, -0.1) is 0 Å². The molecule has 0 saturated carbocycles. The van der Waals surface area contributed by atoms with Crippen LogP contribution in [0.2, 0.25) is 5.02 Å². The third-order valence-electron chi connectivity index (χ3n) is 10.2. The van der Waals surface area contributed by atoms with Crippen molar-refractivity contribution in [2.24, 2.45) is 0 Å².